The van der Waals surface area contributed by atoms with E-state index in [0.717, 1.165) is 19.7 Å². The molecule has 0 amide bonds. The molecule has 11 rings (SSSR count). The number of hydrogen-bond donors (Lipinski definition) is 0. The second-order valence-electron chi connectivity index (χ2n) is 11.7. The Balaban J connectivity index is 1.26. The minimum atomic E-state index is -3.15. The first-order valence-corrected chi connectivity index (χ1v) is 15.7. The molecule has 0 aliphatic carbocycles. The molecular formula is C19H13FeIO. The molecule has 0 saturated carbocycles. The molecule has 1 aromatic rings. The molecule has 110 valence electrons. The summed E-state index contributed by atoms with van der Waals surface area (Å²) < 4.78 is 1.58. The minimum absolute atomic E-state index is 0.666. The van der Waals surface area contributed by atoms with E-state index in [1.165, 1.54) is 38.5 Å². The zero-order valence-corrected chi connectivity index (χ0v) is 14.9. The number of rotatable bonds is 1. The Bertz CT molecular complexity index is 1410. The molecule has 1 nitrogen and oxygen atoms in total. The summed E-state index contributed by atoms with van der Waals surface area (Å²) in [5.41, 5.74) is 1.89. The molecule has 10 aliphatic rings. The van der Waals surface area contributed by atoms with Crippen molar-refractivity contribution in [2.24, 2.45) is 0 Å². The van der Waals surface area contributed by atoms with Gasteiger partial charge in [-0.2, -0.15) is 0 Å². The van der Waals surface area contributed by atoms with E-state index in [9.17, 15) is 4.79 Å². The topological polar surface area (TPSA) is 17.1 Å². The summed E-state index contributed by atoms with van der Waals surface area (Å²) in [7, 11) is 0. The monoisotopic (exact) mass is 440 g/mol. The third kappa shape index (κ3) is 0.116. The molecule has 10 fully saturated rings. The van der Waals surface area contributed by atoms with Crippen LogP contribution in [0.4, 0.5) is 0 Å². The van der Waals surface area contributed by atoms with Crippen LogP contribution in [-0.2, 0) is 6.51 Å². The van der Waals surface area contributed by atoms with Gasteiger partial charge in [-0.15, -0.1) is 0 Å². The van der Waals surface area contributed by atoms with Crippen LogP contribution in [0.3, 0.4) is 0 Å². The van der Waals surface area contributed by atoms with Crippen LogP contribution < -0.4 is 0 Å². The third-order valence-corrected chi connectivity index (χ3v) is 68.5. The van der Waals surface area contributed by atoms with Crippen LogP contribution in [0.2, 0.25) is 42.8 Å². The average molecular weight is 440 g/mol. The number of carbonyl (C=O) groups is 1. The van der Waals surface area contributed by atoms with E-state index in [4.69, 9.17) is 0 Å². The van der Waals surface area contributed by atoms with Gasteiger partial charge in [-0.05, 0) is 0 Å². The number of aldehydes is 1. The molecule has 10 heterocycles. The van der Waals surface area contributed by atoms with Gasteiger partial charge >= 0.3 is 133 Å². The van der Waals surface area contributed by atoms with Gasteiger partial charge in [-0.1, -0.05) is 0 Å². The van der Waals surface area contributed by atoms with E-state index >= 15 is 0 Å². The second-order valence-corrected chi connectivity index (χ2v) is 37.6. The van der Waals surface area contributed by atoms with Crippen molar-refractivity contribution in [1.29, 1.82) is 0 Å². The van der Waals surface area contributed by atoms with Crippen LogP contribution in [-0.4, -0.2) is 8.61 Å². The summed E-state index contributed by atoms with van der Waals surface area (Å²) in [6.45, 7) is -3.15. The van der Waals surface area contributed by atoms with Crippen LogP contribution in [0.1, 0.15) is 15.9 Å². The molecule has 0 aromatic heterocycles. The Morgan fingerprint density at radius 1 is 1.00 bits per heavy atom. The van der Waals surface area contributed by atoms with Gasteiger partial charge in [-0.25, -0.2) is 0 Å². The van der Waals surface area contributed by atoms with Crippen LogP contribution in [0.25, 0.3) is 0 Å². The van der Waals surface area contributed by atoms with Crippen LogP contribution in [0, 0.1) is 11.8 Å². The van der Waals surface area contributed by atoms with E-state index in [1.807, 2.05) is 24.3 Å². The van der Waals surface area contributed by atoms with Gasteiger partial charge in [0.05, 0.1) is 0 Å². The average Bonchev–Trinajstić information content (AvgIpc) is 3.49. The number of benzene rings is 1. The fraction of sp³-hybridized carbons (Fsp3) is 0.526. The van der Waals surface area contributed by atoms with Crippen LogP contribution >= 0.6 is 22.6 Å². The quantitative estimate of drug-likeness (QED) is 0.199. The van der Waals surface area contributed by atoms with Crippen molar-refractivity contribution in [3.63, 3.8) is 0 Å². The molecule has 10 aliphatic heterocycles. The summed E-state index contributed by atoms with van der Waals surface area (Å²) in [6.07, 6.45) is 0.918. The third-order valence-electron chi connectivity index (χ3n) is 16.1. The van der Waals surface area contributed by atoms with Crippen molar-refractivity contribution in [1.82, 2.24) is 0 Å². The van der Waals surface area contributed by atoms with E-state index < -0.39 is 6.51 Å². The van der Waals surface area contributed by atoms with Crippen molar-refractivity contribution in [2.75, 3.05) is 0 Å². The number of hydrogen-bond acceptors (Lipinski definition) is 1. The fourth-order valence-electron chi connectivity index (χ4n) is 17.4. The van der Waals surface area contributed by atoms with Crippen molar-refractivity contribution < 1.29 is 11.3 Å². The summed E-state index contributed by atoms with van der Waals surface area (Å²) in [5, 5.41) is 0. The predicted molar refractivity (Wildman–Crippen MR) is 88.2 cm³/mol. The SMILES string of the molecule is O=Cc1ccc(C#C[C]23[CH]4[CH]5[CH]6[CH]2[Fe]56432789[CH]3[CH]2[CH]7[C]8(I)[CH]39)cc1. The molecule has 8 unspecified atom stereocenters. The van der Waals surface area contributed by atoms with Gasteiger partial charge in [0.15, 0.2) is 0 Å². The zero-order valence-electron chi connectivity index (χ0n) is 11.6. The Morgan fingerprint density at radius 3 is 1.95 bits per heavy atom. The number of fused-ring (bicyclic) bond motifs is 10. The van der Waals surface area contributed by atoms with Gasteiger partial charge in [-0.3, -0.25) is 0 Å². The molecule has 10 saturated heterocycles. The summed E-state index contributed by atoms with van der Waals surface area (Å²) in [6, 6.07) is 7.91. The molecule has 1 aromatic carbocycles. The van der Waals surface area contributed by atoms with Crippen molar-refractivity contribution in [2.45, 2.75) is 45.2 Å². The van der Waals surface area contributed by atoms with Crippen LogP contribution in [0.15, 0.2) is 24.3 Å². The Kier molecular flexibility index (Phi) is 0.385. The van der Waals surface area contributed by atoms with Crippen molar-refractivity contribution in [3.05, 3.63) is 35.4 Å². The predicted octanol–water partition coefficient (Wildman–Crippen LogP) is 4.95. The van der Waals surface area contributed by atoms with Crippen LogP contribution in [0.5, 0.6) is 0 Å². The molecule has 0 bridgehead atoms. The van der Waals surface area contributed by atoms with Gasteiger partial charge < -0.3 is 0 Å². The standard InChI is InChI=1S/C14H9O.C5H4I.Fe/c15-11-14-9-7-13(8-10-14)6-5-12-3-1-2-4-12;6-5-3-1-2-4-5;/h1-4,7-11H;1-4H;. The summed E-state index contributed by atoms with van der Waals surface area (Å²) in [5.74, 6) is 7.61. The molecule has 8 atom stereocenters. The first kappa shape index (κ1) is 9.25. The summed E-state index contributed by atoms with van der Waals surface area (Å²) >= 11 is 3.03. The zero-order chi connectivity index (χ0) is 14.0. The maximum atomic E-state index is 10.8. The molecule has 0 N–H and O–H groups in total. The van der Waals surface area contributed by atoms with E-state index in [2.05, 4.69) is 34.4 Å². The number of carbonyl (C=O) groups excluding carboxylic acids is 1. The number of halogens is 1. The summed E-state index contributed by atoms with van der Waals surface area (Å²) in [4.78, 5) is 21.1. The van der Waals surface area contributed by atoms with Gasteiger partial charge in [0.2, 0.25) is 0 Å². The molecule has 22 heavy (non-hydrogen) atoms. The fourth-order valence-corrected chi connectivity index (χ4v) is 109. The molecule has 3 heteroatoms. The van der Waals surface area contributed by atoms with Crippen molar-refractivity contribution in [3.8, 4) is 11.8 Å². The number of alkyl halides is 1. The van der Waals surface area contributed by atoms with E-state index in [0.29, 0.717) is 4.31 Å². The molecular weight excluding hydrogens is 427 g/mol. The Hall–Kier alpha value is -0.301. The normalized spacial score (nSPS) is 97.1. The van der Waals surface area contributed by atoms with Gasteiger partial charge in [0.1, 0.15) is 0 Å². The van der Waals surface area contributed by atoms with E-state index in [1.54, 1.807) is 0 Å². The Labute approximate surface area is 132 Å². The van der Waals surface area contributed by atoms with Gasteiger partial charge in [0, 0.05) is 0 Å². The first-order chi connectivity index (χ1) is 10.4. The molecule has 0 radical (unpaired) electrons. The second kappa shape index (κ2) is 0.915. The van der Waals surface area contributed by atoms with Crippen molar-refractivity contribution >= 4 is 28.9 Å². The molecule has 1 spiro atoms. The van der Waals surface area contributed by atoms with E-state index in [-0.39, 0.29) is 0 Å². The Morgan fingerprint density at radius 2 is 1.59 bits per heavy atom. The van der Waals surface area contributed by atoms with Gasteiger partial charge in [0.25, 0.3) is 0 Å². The first-order valence-electron chi connectivity index (χ1n) is 8.43. The maximum absolute atomic E-state index is 10.8.